The van der Waals surface area contributed by atoms with Gasteiger partial charge in [0.2, 0.25) is 5.91 Å². The number of halogens is 1. The van der Waals surface area contributed by atoms with Crippen molar-refractivity contribution in [2.45, 2.75) is 33.2 Å². The fourth-order valence-corrected chi connectivity index (χ4v) is 2.96. The van der Waals surface area contributed by atoms with E-state index in [0.717, 1.165) is 22.6 Å². The zero-order valence-corrected chi connectivity index (χ0v) is 15.9. The minimum atomic E-state index is -0.254. The number of rotatable bonds is 5. The molecule has 0 aliphatic carbocycles. The molecule has 0 unspecified atom stereocenters. The maximum atomic E-state index is 12.5. The molecule has 136 valence electrons. The van der Waals surface area contributed by atoms with Crippen LogP contribution in [-0.2, 0) is 18.3 Å². The van der Waals surface area contributed by atoms with Gasteiger partial charge in [0.05, 0.1) is 23.8 Å². The van der Waals surface area contributed by atoms with Crippen LogP contribution in [0.25, 0.3) is 5.69 Å². The second kappa shape index (κ2) is 7.29. The van der Waals surface area contributed by atoms with Crippen LogP contribution in [0.5, 0.6) is 0 Å². The molecule has 0 saturated carbocycles. The van der Waals surface area contributed by atoms with Gasteiger partial charge in [0, 0.05) is 23.3 Å². The van der Waals surface area contributed by atoms with Crippen LogP contribution in [0.15, 0.2) is 30.6 Å². The number of nitrogens with zero attached hydrogens (tertiary/aromatic N) is 5. The summed E-state index contributed by atoms with van der Waals surface area (Å²) >= 11 is 5.95. The maximum absolute atomic E-state index is 12.5. The lowest BCUT2D eigenvalue weighted by Gasteiger charge is -2.11. The van der Waals surface area contributed by atoms with E-state index in [0.29, 0.717) is 10.8 Å². The number of hydrogen-bond acceptors (Lipinski definition) is 4. The smallest absolute Gasteiger partial charge is 0.225 e. The van der Waals surface area contributed by atoms with Crippen molar-refractivity contribution in [1.82, 2.24) is 29.9 Å². The van der Waals surface area contributed by atoms with Crippen molar-refractivity contribution in [2.24, 2.45) is 7.05 Å². The molecule has 0 aliphatic rings. The van der Waals surface area contributed by atoms with Crippen LogP contribution in [0.4, 0.5) is 0 Å². The van der Waals surface area contributed by atoms with Gasteiger partial charge in [-0.3, -0.25) is 9.48 Å². The molecular formula is C18H21ClN6O. The van der Waals surface area contributed by atoms with Crippen LogP contribution >= 0.6 is 11.6 Å². The highest BCUT2D eigenvalue weighted by Crippen LogP contribution is 2.20. The zero-order chi connectivity index (χ0) is 18.8. The third-order valence-electron chi connectivity index (χ3n) is 4.23. The third-order valence-corrected chi connectivity index (χ3v) is 4.48. The molecule has 2 aromatic heterocycles. The summed E-state index contributed by atoms with van der Waals surface area (Å²) in [5.74, 6) is 0.498. The molecule has 3 aromatic rings. The van der Waals surface area contributed by atoms with Crippen molar-refractivity contribution in [3.05, 3.63) is 58.4 Å². The van der Waals surface area contributed by atoms with Gasteiger partial charge in [-0.25, -0.2) is 9.67 Å². The summed E-state index contributed by atoms with van der Waals surface area (Å²) in [5.41, 5.74) is 3.59. The molecule has 0 radical (unpaired) electrons. The largest absolute Gasteiger partial charge is 0.346 e. The lowest BCUT2D eigenvalue weighted by molar-refractivity contribution is -0.121. The number of carbonyl (C=O) groups is 1. The summed E-state index contributed by atoms with van der Waals surface area (Å²) < 4.78 is 3.44. The molecule has 1 N–H and O–H groups in total. The molecule has 0 aliphatic heterocycles. The van der Waals surface area contributed by atoms with Crippen molar-refractivity contribution in [1.29, 1.82) is 0 Å². The zero-order valence-electron chi connectivity index (χ0n) is 15.2. The van der Waals surface area contributed by atoms with Crippen LogP contribution < -0.4 is 5.32 Å². The first-order chi connectivity index (χ1) is 12.3. The second-order valence-corrected chi connectivity index (χ2v) is 6.72. The van der Waals surface area contributed by atoms with E-state index in [4.69, 9.17) is 11.6 Å². The van der Waals surface area contributed by atoms with E-state index in [1.165, 1.54) is 0 Å². The minimum Gasteiger partial charge on any atom is -0.346 e. The molecule has 7 nitrogen and oxygen atoms in total. The van der Waals surface area contributed by atoms with Gasteiger partial charge in [-0.1, -0.05) is 11.6 Å². The number of nitrogens with one attached hydrogen (secondary N) is 1. The summed E-state index contributed by atoms with van der Waals surface area (Å²) in [5, 5.41) is 12.4. The molecule has 8 heteroatoms. The van der Waals surface area contributed by atoms with E-state index in [2.05, 4.69) is 20.5 Å². The first kappa shape index (κ1) is 18.1. The quantitative estimate of drug-likeness (QED) is 0.747. The van der Waals surface area contributed by atoms with E-state index in [1.807, 2.05) is 49.7 Å². The van der Waals surface area contributed by atoms with Gasteiger partial charge in [-0.2, -0.15) is 10.2 Å². The highest BCUT2D eigenvalue weighted by molar-refractivity contribution is 6.30. The van der Waals surface area contributed by atoms with Gasteiger partial charge >= 0.3 is 0 Å². The Bertz CT molecular complexity index is 928. The summed E-state index contributed by atoms with van der Waals surface area (Å²) in [6.45, 7) is 5.73. The maximum Gasteiger partial charge on any atom is 0.225 e. The molecule has 0 fully saturated rings. The van der Waals surface area contributed by atoms with Gasteiger partial charge < -0.3 is 5.32 Å². The number of aryl methyl sites for hydroxylation is 2. The van der Waals surface area contributed by atoms with E-state index in [-0.39, 0.29) is 18.4 Å². The highest BCUT2D eigenvalue weighted by atomic mass is 35.5. The molecule has 26 heavy (non-hydrogen) atoms. The number of aromatic nitrogens is 5. The summed E-state index contributed by atoms with van der Waals surface area (Å²) in [4.78, 5) is 16.6. The van der Waals surface area contributed by atoms with Crippen molar-refractivity contribution >= 4 is 17.5 Å². The lowest BCUT2D eigenvalue weighted by Crippen LogP contribution is -2.29. The van der Waals surface area contributed by atoms with Gasteiger partial charge in [-0.15, -0.1) is 0 Å². The second-order valence-electron chi connectivity index (χ2n) is 6.28. The molecule has 0 saturated heterocycles. The topological polar surface area (TPSA) is 77.6 Å². The normalized spacial score (nSPS) is 12.2. The van der Waals surface area contributed by atoms with Crippen LogP contribution in [0, 0.1) is 13.8 Å². The first-order valence-electron chi connectivity index (χ1n) is 8.31. The summed E-state index contributed by atoms with van der Waals surface area (Å²) in [6.07, 6.45) is 1.87. The number of amides is 1. The fraction of sp³-hybridized carbons (Fsp3) is 0.333. The minimum absolute atomic E-state index is 0.0909. The third kappa shape index (κ3) is 3.77. The lowest BCUT2D eigenvalue weighted by atomic mass is 10.1. The molecule has 1 amide bonds. The fourth-order valence-electron chi connectivity index (χ4n) is 2.84. The summed E-state index contributed by atoms with van der Waals surface area (Å²) in [7, 11) is 1.79. The van der Waals surface area contributed by atoms with Crippen LogP contribution in [0.1, 0.15) is 35.7 Å². The van der Waals surface area contributed by atoms with Gasteiger partial charge in [0.1, 0.15) is 6.33 Å². The SMILES string of the molecule is Cc1nn(-c2ccc(Cl)cc2)c(C)c1CC(=O)N[C@@H](C)c1ncn(C)n1. The average molecular weight is 373 g/mol. The monoisotopic (exact) mass is 372 g/mol. The molecule has 0 bridgehead atoms. The van der Waals surface area contributed by atoms with E-state index < -0.39 is 0 Å². The Hall–Kier alpha value is -2.67. The van der Waals surface area contributed by atoms with Crippen molar-refractivity contribution in [3.63, 3.8) is 0 Å². The molecule has 2 heterocycles. The van der Waals surface area contributed by atoms with Gasteiger partial charge in [-0.05, 0) is 45.0 Å². The van der Waals surface area contributed by atoms with E-state index in [1.54, 1.807) is 18.1 Å². The van der Waals surface area contributed by atoms with Gasteiger partial charge in [0.15, 0.2) is 5.82 Å². The Balaban J connectivity index is 1.75. The molecule has 0 spiro atoms. The Morgan fingerprint density at radius 3 is 2.54 bits per heavy atom. The Morgan fingerprint density at radius 1 is 1.23 bits per heavy atom. The Morgan fingerprint density at radius 2 is 1.92 bits per heavy atom. The Kier molecular flexibility index (Phi) is 5.08. The van der Waals surface area contributed by atoms with Crippen LogP contribution in [0.3, 0.4) is 0 Å². The van der Waals surface area contributed by atoms with Crippen molar-refractivity contribution in [2.75, 3.05) is 0 Å². The number of carbonyl (C=O) groups excluding carboxylic acids is 1. The van der Waals surface area contributed by atoms with Crippen molar-refractivity contribution < 1.29 is 4.79 Å². The summed E-state index contributed by atoms with van der Waals surface area (Å²) in [6, 6.07) is 7.19. The highest BCUT2D eigenvalue weighted by Gasteiger charge is 2.18. The van der Waals surface area contributed by atoms with E-state index in [9.17, 15) is 4.79 Å². The molecular weight excluding hydrogens is 352 g/mol. The van der Waals surface area contributed by atoms with Crippen LogP contribution in [-0.4, -0.2) is 30.5 Å². The van der Waals surface area contributed by atoms with Gasteiger partial charge in [0.25, 0.3) is 0 Å². The molecule has 3 rings (SSSR count). The predicted octanol–water partition coefficient (Wildman–Crippen LogP) is 2.69. The number of hydrogen-bond donors (Lipinski definition) is 1. The first-order valence-corrected chi connectivity index (χ1v) is 8.69. The van der Waals surface area contributed by atoms with Crippen LogP contribution in [0.2, 0.25) is 5.02 Å². The molecule has 1 atom stereocenters. The standard InChI is InChI=1S/C18H21ClN6O/c1-11-16(9-17(26)21-12(2)18-20-10-24(4)23-18)13(3)25(22-11)15-7-5-14(19)6-8-15/h5-8,10,12H,9H2,1-4H3,(H,21,26)/t12-/m0/s1. The predicted molar refractivity (Wildman–Crippen MR) is 99.3 cm³/mol. The number of benzene rings is 1. The van der Waals surface area contributed by atoms with E-state index >= 15 is 0 Å². The van der Waals surface area contributed by atoms with Crippen molar-refractivity contribution in [3.8, 4) is 5.69 Å². The average Bonchev–Trinajstić information content (AvgIpc) is 3.14. The molecule has 1 aromatic carbocycles. The Labute approximate surface area is 157 Å².